The number of aromatic amines is 1. The molecule has 0 saturated carbocycles. The number of likely N-dealkylation sites (N-methyl/N-ethyl adjacent to an activating group) is 1. The van der Waals surface area contributed by atoms with Crippen molar-refractivity contribution in [2.24, 2.45) is 7.05 Å². The first kappa shape index (κ1) is 20.2. The van der Waals surface area contributed by atoms with Gasteiger partial charge in [-0.05, 0) is 19.2 Å². The monoisotopic (exact) mass is 414 g/mol. The number of aliphatic hydroxyl groups excluding tert-OH is 1. The summed E-state index contributed by atoms with van der Waals surface area (Å²) in [5, 5.41) is 10.6. The number of ether oxygens (including phenoxy) is 1. The van der Waals surface area contributed by atoms with Crippen molar-refractivity contribution >= 4 is 17.1 Å². The number of fused-ring (bicyclic) bond motifs is 1. The van der Waals surface area contributed by atoms with Crippen molar-refractivity contribution < 1.29 is 9.84 Å². The van der Waals surface area contributed by atoms with Gasteiger partial charge in [-0.1, -0.05) is 18.2 Å². The van der Waals surface area contributed by atoms with Gasteiger partial charge in [0.25, 0.3) is 5.56 Å². The molecule has 0 amide bonds. The highest BCUT2D eigenvalue weighted by Gasteiger charge is 2.25. The fraction of sp³-hybridized carbons (Fsp3) is 0.450. The van der Waals surface area contributed by atoms with Crippen LogP contribution in [0, 0.1) is 0 Å². The van der Waals surface area contributed by atoms with Crippen molar-refractivity contribution in [3.8, 4) is 5.75 Å². The Balaban J connectivity index is 1.67. The standard InChI is InChI=1S/C20H26N6O4/c1-23-8-10-25(11-9-23)19-21-17-16(18(28)22-20(29)24(17)2)26(19)12-14(27)13-30-15-6-4-3-5-7-15/h3-7,14,27H,8-13H2,1-2H3,(H,22,28,29). The molecule has 2 N–H and O–H groups in total. The second-order valence-electron chi connectivity index (χ2n) is 7.58. The van der Waals surface area contributed by atoms with E-state index in [2.05, 4.69) is 26.8 Å². The Morgan fingerprint density at radius 3 is 2.53 bits per heavy atom. The molecule has 10 nitrogen and oxygen atoms in total. The first-order valence-corrected chi connectivity index (χ1v) is 9.93. The molecule has 1 aromatic carbocycles. The fourth-order valence-corrected chi connectivity index (χ4v) is 3.62. The smallest absolute Gasteiger partial charge is 0.329 e. The van der Waals surface area contributed by atoms with Crippen LogP contribution >= 0.6 is 0 Å². The summed E-state index contributed by atoms with van der Waals surface area (Å²) in [7, 11) is 3.63. The summed E-state index contributed by atoms with van der Waals surface area (Å²) in [6, 6.07) is 9.23. The van der Waals surface area contributed by atoms with Crippen LogP contribution in [0.25, 0.3) is 11.2 Å². The molecule has 1 unspecified atom stereocenters. The highest BCUT2D eigenvalue weighted by molar-refractivity contribution is 5.74. The molecule has 1 saturated heterocycles. The Morgan fingerprint density at radius 1 is 1.13 bits per heavy atom. The molecule has 1 fully saturated rings. The SMILES string of the molecule is CN1CCN(c2nc3c(c(=O)[nH]c(=O)n3C)n2CC(O)COc2ccccc2)CC1. The molecular formula is C20H26N6O4. The van der Waals surface area contributed by atoms with Gasteiger partial charge in [-0.3, -0.25) is 14.3 Å². The van der Waals surface area contributed by atoms with E-state index in [1.54, 1.807) is 11.6 Å². The molecule has 10 heteroatoms. The quantitative estimate of drug-likeness (QED) is 0.566. The molecule has 0 spiro atoms. The van der Waals surface area contributed by atoms with Gasteiger partial charge in [0.2, 0.25) is 5.95 Å². The van der Waals surface area contributed by atoms with Gasteiger partial charge in [-0.2, -0.15) is 4.98 Å². The van der Waals surface area contributed by atoms with Gasteiger partial charge < -0.3 is 24.2 Å². The minimum atomic E-state index is -0.870. The third-order valence-electron chi connectivity index (χ3n) is 5.35. The first-order valence-electron chi connectivity index (χ1n) is 9.93. The summed E-state index contributed by atoms with van der Waals surface area (Å²) in [5.74, 6) is 1.23. The van der Waals surface area contributed by atoms with Crippen LogP contribution < -0.4 is 20.9 Å². The summed E-state index contributed by atoms with van der Waals surface area (Å²) in [6.45, 7) is 3.38. The second-order valence-corrected chi connectivity index (χ2v) is 7.58. The number of anilines is 1. The maximum atomic E-state index is 12.6. The molecule has 160 valence electrons. The van der Waals surface area contributed by atoms with Crippen LogP contribution in [0.5, 0.6) is 5.75 Å². The van der Waals surface area contributed by atoms with Gasteiger partial charge in [0.1, 0.15) is 18.5 Å². The topological polar surface area (TPSA) is 109 Å². The summed E-state index contributed by atoms with van der Waals surface area (Å²) in [4.78, 5) is 35.9. The highest BCUT2D eigenvalue weighted by atomic mass is 16.5. The predicted molar refractivity (Wildman–Crippen MR) is 113 cm³/mol. The Bertz CT molecular complexity index is 1130. The molecule has 1 aliphatic heterocycles. The van der Waals surface area contributed by atoms with E-state index >= 15 is 0 Å². The molecule has 3 aromatic rings. The number of nitrogens with zero attached hydrogens (tertiary/aromatic N) is 5. The van der Waals surface area contributed by atoms with E-state index in [1.165, 1.54) is 4.57 Å². The minimum Gasteiger partial charge on any atom is -0.491 e. The molecule has 0 radical (unpaired) electrons. The lowest BCUT2D eigenvalue weighted by molar-refractivity contribution is 0.0935. The van der Waals surface area contributed by atoms with Gasteiger partial charge in [0.15, 0.2) is 11.2 Å². The number of hydrogen-bond donors (Lipinski definition) is 2. The molecule has 0 aliphatic carbocycles. The predicted octanol–water partition coefficient (Wildman–Crippen LogP) is -0.385. The zero-order chi connectivity index (χ0) is 21.3. The Labute approximate surface area is 172 Å². The van der Waals surface area contributed by atoms with Gasteiger partial charge in [0, 0.05) is 33.2 Å². The van der Waals surface area contributed by atoms with E-state index < -0.39 is 17.4 Å². The number of aliphatic hydroxyl groups is 1. The molecule has 0 bridgehead atoms. The van der Waals surface area contributed by atoms with Crippen molar-refractivity contribution in [1.29, 1.82) is 0 Å². The number of imidazole rings is 1. The van der Waals surface area contributed by atoms with Crippen molar-refractivity contribution in [2.45, 2.75) is 12.6 Å². The lowest BCUT2D eigenvalue weighted by atomic mass is 10.3. The van der Waals surface area contributed by atoms with Gasteiger partial charge in [0.05, 0.1) is 6.54 Å². The number of nitrogens with one attached hydrogen (secondary N) is 1. The van der Waals surface area contributed by atoms with E-state index in [0.717, 1.165) is 26.2 Å². The summed E-state index contributed by atoms with van der Waals surface area (Å²) in [6.07, 6.45) is -0.870. The van der Waals surface area contributed by atoms with Crippen LogP contribution in [0.15, 0.2) is 39.9 Å². The Morgan fingerprint density at radius 2 is 1.83 bits per heavy atom. The van der Waals surface area contributed by atoms with Crippen LogP contribution in [-0.2, 0) is 13.6 Å². The third-order valence-corrected chi connectivity index (χ3v) is 5.35. The average molecular weight is 414 g/mol. The number of aromatic nitrogens is 4. The van der Waals surface area contributed by atoms with Crippen molar-refractivity contribution in [3.63, 3.8) is 0 Å². The molecule has 4 rings (SSSR count). The van der Waals surface area contributed by atoms with Gasteiger partial charge in [-0.25, -0.2) is 4.79 Å². The molecular weight excluding hydrogens is 388 g/mol. The number of piperazine rings is 1. The lowest BCUT2D eigenvalue weighted by Gasteiger charge is -2.33. The van der Waals surface area contributed by atoms with E-state index in [0.29, 0.717) is 17.3 Å². The Hall–Kier alpha value is -3.11. The van der Waals surface area contributed by atoms with E-state index in [4.69, 9.17) is 4.74 Å². The number of hydrogen-bond acceptors (Lipinski definition) is 7. The highest BCUT2D eigenvalue weighted by Crippen LogP contribution is 2.21. The van der Waals surface area contributed by atoms with Crippen molar-refractivity contribution in [3.05, 3.63) is 51.2 Å². The average Bonchev–Trinajstić information content (AvgIpc) is 3.12. The third kappa shape index (κ3) is 3.96. The van der Waals surface area contributed by atoms with Crippen LogP contribution in [0.3, 0.4) is 0 Å². The fourth-order valence-electron chi connectivity index (χ4n) is 3.62. The summed E-state index contributed by atoms with van der Waals surface area (Å²) >= 11 is 0. The van der Waals surface area contributed by atoms with Crippen LogP contribution in [0.2, 0.25) is 0 Å². The van der Waals surface area contributed by atoms with E-state index in [-0.39, 0.29) is 18.7 Å². The molecule has 3 heterocycles. The first-order chi connectivity index (χ1) is 14.4. The molecule has 30 heavy (non-hydrogen) atoms. The number of aryl methyl sites for hydroxylation is 1. The van der Waals surface area contributed by atoms with E-state index in [1.807, 2.05) is 30.3 Å². The van der Waals surface area contributed by atoms with Gasteiger partial charge in [-0.15, -0.1) is 0 Å². The van der Waals surface area contributed by atoms with Crippen LogP contribution in [0.1, 0.15) is 0 Å². The largest absolute Gasteiger partial charge is 0.491 e. The summed E-state index contributed by atoms with van der Waals surface area (Å²) in [5.41, 5.74) is -0.467. The van der Waals surface area contributed by atoms with Crippen molar-refractivity contribution in [2.75, 3.05) is 44.7 Å². The minimum absolute atomic E-state index is 0.0650. The van der Waals surface area contributed by atoms with Crippen LogP contribution in [-0.4, -0.2) is 75.0 Å². The zero-order valence-corrected chi connectivity index (χ0v) is 17.1. The number of benzene rings is 1. The maximum Gasteiger partial charge on any atom is 0.329 e. The molecule has 1 atom stereocenters. The second kappa shape index (κ2) is 8.33. The maximum absolute atomic E-state index is 12.6. The zero-order valence-electron chi connectivity index (χ0n) is 17.1. The number of rotatable bonds is 6. The van der Waals surface area contributed by atoms with Crippen molar-refractivity contribution in [1.82, 2.24) is 24.0 Å². The summed E-state index contributed by atoms with van der Waals surface area (Å²) < 4.78 is 8.67. The lowest BCUT2D eigenvalue weighted by Crippen LogP contribution is -2.45. The normalized spacial score (nSPS) is 16.2. The van der Waals surface area contributed by atoms with E-state index in [9.17, 15) is 14.7 Å². The number of H-pyrrole nitrogens is 1. The van der Waals surface area contributed by atoms with Crippen LogP contribution in [0.4, 0.5) is 5.95 Å². The Kier molecular flexibility index (Phi) is 5.60. The van der Waals surface area contributed by atoms with Gasteiger partial charge >= 0.3 is 5.69 Å². The molecule has 2 aromatic heterocycles. The molecule has 1 aliphatic rings. The number of para-hydroxylation sites is 1.